The summed E-state index contributed by atoms with van der Waals surface area (Å²) in [5.41, 5.74) is 0. The molecule has 0 aliphatic carbocycles. The molecule has 0 fully saturated rings. The van der Waals surface area contributed by atoms with Crippen LogP contribution >= 0.6 is 27.3 Å². The monoisotopic (exact) mass is 306 g/mol. The molecular formula is C9H15BrN4OS. The molecule has 0 saturated carbocycles. The third kappa shape index (κ3) is 4.89. The first-order chi connectivity index (χ1) is 7.61. The molecule has 0 spiro atoms. The molecule has 0 aliphatic heterocycles. The normalized spacial score (nSPS) is 12.2. The number of nitrogens with zero attached hydrogens (tertiary/aromatic N) is 2. The molecule has 1 amide bonds. The lowest BCUT2D eigenvalue weighted by molar-refractivity contribution is -0.121. The number of aromatic nitrogens is 2. The van der Waals surface area contributed by atoms with Crippen LogP contribution in [-0.2, 0) is 4.79 Å². The van der Waals surface area contributed by atoms with Crippen LogP contribution < -0.4 is 10.6 Å². The molecule has 1 heterocycles. The van der Waals surface area contributed by atoms with E-state index in [-0.39, 0.29) is 11.9 Å². The zero-order valence-electron chi connectivity index (χ0n) is 9.29. The van der Waals surface area contributed by atoms with Crippen molar-refractivity contribution in [1.29, 1.82) is 0 Å². The van der Waals surface area contributed by atoms with Crippen molar-refractivity contribution in [1.82, 2.24) is 15.5 Å². The maximum absolute atomic E-state index is 11.4. The zero-order chi connectivity index (χ0) is 12.0. The van der Waals surface area contributed by atoms with Gasteiger partial charge in [0.25, 0.3) is 0 Å². The Balaban J connectivity index is 2.18. The van der Waals surface area contributed by atoms with E-state index in [0.717, 1.165) is 15.5 Å². The van der Waals surface area contributed by atoms with Gasteiger partial charge in [-0.25, -0.2) is 0 Å². The van der Waals surface area contributed by atoms with Crippen LogP contribution in [0.5, 0.6) is 0 Å². The van der Waals surface area contributed by atoms with Crippen molar-refractivity contribution in [3.05, 3.63) is 3.92 Å². The Morgan fingerprint density at radius 1 is 1.56 bits per heavy atom. The fourth-order valence-electron chi connectivity index (χ4n) is 1.01. The molecule has 0 radical (unpaired) electrons. The summed E-state index contributed by atoms with van der Waals surface area (Å²) in [6.45, 7) is 4.61. The average molecular weight is 307 g/mol. The molecule has 2 N–H and O–H groups in total. The van der Waals surface area contributed by atoms with Crippen LogP contribution in [0.2, 0.25) is 0 Å². The van der Waals surface area contributed by atoms with Crippen molar-refractivity contribution < 1.29 is 4.79 Å². The molecule has 90 valence electrons. The highest BCUT2D eigenvalue weighted by Gasteiger charge is 2.05. The van der Waals surface area contributed by atoms with E-state index in [9.17, 15) is 4.79 Å². The predicted molar refractivity (Wildman–Crippen MR) is 68.6 cm³/mol. The third-order valence-electron chi connectivity index (χ3n) is 2.05. The number of anilines is 1. The van der Waals surface area contributed by atoms with Gasteiger partial charge in [-0.05, 0) is 29.3 Å². The van der Waals surface area contributed by atoms with Gasteiger partial charge in [-0.3, -0.25) is 4.79 Å². The Morgan fingerprint density at radius 2 is 2.31 bits per heavy atom. The Morgan fingerprint density at radius 3 is 2.88 bits per heavy atom. The van der Waals surface area contributed by atoms with Crippen molar-refractivity contribution in [3.8, 4) is 0 Å². The molecule has 1 rings (SSSR count). The number of hydrogen-bond acceptors (Lipinski definition) is 5. The molecule has 0 aromatic carbocycles. The fourth-order valence-corrected chi connectivity index (χ4v) is 2.05. The van der Waals surface area contributed by atoms with Gasteiger partial charge in [0.15, 0.2) is 3.92 Å². The number of hydrogen-bond donors (Lipinski definition) is 2. The van der Waals surface area contributed by atoms with E-state index in [0.29, 0.717) is 13.0 Å². The number of halogens is 1. The van der Waals surface area contributed by atoms with Gasteiger partial charge in [0.05, 0.1) is 0 Å². The predicted octanol–water partition coefficient (Wildman–Crippen LogP) is 2.02. The van der Waals surface area contributed by atoms with Crippen molar-refractivity contribution >= 4 is 38.3 Å². The number of rotatable bonds is 6. The van der Waals surface area contributed by atoms with E-state index in [1.165, 1.54) is 11.3 Å². The van der Waals surface area contributed by atoms with Crippen molar-refractivity contribution in [2.45, 2.75) is 32.7 Å². The van der Waals surface area contributed by atoms with Crippen LogP contribution in [0.1, 0.15) is 26.7 Å². The standard InChI is InChI=1S/C9H15BrN4OS/c1-3-6(2)12-7(15)4-5-11-9-14-13-8(10)16-9/h6H,3-5H2,1-2H3,(H,11,14)(H,12,15). The Bertz CT molecular complexity index is 344. The van der Waals surface area contributed by atoms with Crippen LogP contribution in [0.15, 0.2) is 3.92 Å². The Labute approximate surface area is 107 Å². The number of amides is 1. The van der Waals surface area contributed by atoms with E-state index in [2.05, 4.69) is 36.8 Å². The summed E-state index contributed by atoms with van der Waals surface area (Å²) in [6, 6.07) is 0.239. The second-order valence-corrected chi connectivity index (χ2v) is 5.67. The maximum Gasteiger partial charge on any atom is 0.221 e. The van der Waals surface area contributed by atoms with Crippen molar-refractivity contribution in [2.24, 2.45) is 0 Å². The number of carbonyl (C=O) groups is 1. The van der Waals surface area contributed by atoms with Gasteiger partial charge < -0.3 is 10.6 Å². The van der Waals surface area contributed by atoms with Crippen LogP contribution in [0.3, 0.4) is 0 Å². The molecule has 7 heteroatoms. The summed E-state index contributed by atoms with van der Waals surface area (Å²) in [4.78, 5) is 11.4. The zero-order valence-corrected chi connectivity index (χ0v) is 11.7. The average Bonchev–Trinajstić information content (AvgIpc) is 2.64. The minimum absolute atomic E-state index is 0.0606. The molecule has 1 aromatic rings. The molecule has 1 aromatic heterocycles. The lowest BCUT2D eigenvalue weighted by atomic mass is 10.2. The summed E-state index contributed by atoms with van der Waals surface area (Å²) in [7, 11) is 0. The van der Waals surface area contributed by atoms with Gasteiger partial charge in [0.1, 0.15) is 0 Å². The molecule has 0 bridgehead atoms. The third-order valence-corrected chi connectivity index (χ3v) is 3.36. The van der Waals surface area contributed by atoms with E-state index in [4.69, 9.17) is 0 Å². The largest absolute Gasteiger partial charge is 0.360 e. The van der Waals surface area contributed by atoms with Crippen LogP contribution in [0.4, 0.5) is 5.13 Å². The summed E-state index contributed by atoms with van der Waals surface area (Å²) < 4.78 is 0.735. The molecule has 5 nitrogen and oxygen atoms in total. The van der Waals surface area contributed by atoms with Gasteiger partial charge in [0, 0.05) is 19.0 Å². The van der Waals surface area contributed by atoms with Gasteiger partial charge >= 0.3 is 0 Å². The summed E-state index contributed by atoms with van der Waals surface area (Å²) >= 11 is 4.63. The SMILES string of the molecule is CCC(C)NC(=O)CCNc1nnc(Br)s1. The minimum atomic E-state index is 0.0606. The lowest BCUT2D eigenvalue weighted by Crippen LogP contribution is -2.32. The van der Waals surface area contributed by atoms with Gasteiger partial charge in [-0.1, -0.05) is 18.3 Å². The highest BCUT2D eigenvalue weighted by atomic mass is 79.9. The quantitative estimate of drug-likeness (QED) is 0.844. The van der Waals surface area contributed by atoms with Gasteiger partial charge in [0.2, 0.25) is 11.0 Å². The second kappa shape index (κ2) is 6.80. The summed E-state index contributed by atoms with van der Waals surface area (Å²) in [6.07, 6.45) is 1.39. The van der Waals surface area contributed by atoms with Gasteiger partial charge in [-0.15, -0.1) is 10.2 Å². The molecule has 0 saturated heterocycles. The molecule has 1 unspecified atom stereocenters. The van der Waals surface area contributed by atoms with E-state index >= 15 is 0 Å². The molecular weight excluding hydrogens is 292 g/mol. The highest BCUT2D eigenvalue weighted by Crippen LogP contribution is 2.19. The topological polar surface area (TPSA) is 66.9 Å². The van der Waals surface area contributed by atoms with Gasteiger partial charge in [-0.2, -0.15) is 0 Å². The molecule has 0 aliphatic rings. The van der Waals surface area contributed by atoms with E-state index in [1.54, 1.807) is 0 Å². The van der Waals surface area contributed by atoms with Crippen LogP contribution in [0, 0.1) is 0 Å². The smallest absolute Gasteiger partial charge is 0.221 e. The second-order valence-electron chi connectivity index (χ2n) is 3.41. The minimum Gasteiger partial charge on any atom is -0.360 e. The highest BCUT2D eigenvalue weighted by molar-refractivity contribution is 9.11. The lowest BCUT2D eigenvalue weighted by Gasteiger charge is -2.10. The first-order valence-electron chi connectivity index (χ1n) is 5.14. The Kier molecular flexibility index (Phi) is 5.68. The van der Waals surface area contributed by atoms with Crippen LogP contribution in [0.25, 0.3) is 0 Å². The number of carbonyl (C=O) groups excluding carboxylic acids is 1. The van der Waals surface area contributed by atoms with Crippen LogP contribution in [-0.4, -0.2) is 28.7 Å². The summed E-state index contributed by atoms with van der Waals surface area (Å²) in [5.74, 6) is 0.0606. The van der Waals surface area contributed by atoms with Crippen molar-refractivity contribution in [3.63, 3.8) is 0 Å². The van der Waals surface area contributed by atoms with E-state index in [1.807, 2.05) is 13.8 Å². The molecule has 1 atom stereocenters. The van der Waals surface area contributed by atoms with Crippen molar-refractivity contribution in [2.75, 3.05) is 11.9 Å². The first-order valence-corrected chi connectivity index (χ1v) is 6.75. The molecule has 16 heavy (non-hydrogen) atoms. The fraction of sp³-hybridized carbons (Fsp3) is 0.667. The number of nitrogens with one attached hydrogen (secondary N) is 2. The maximum atomic E-state index is 11.4. The first kappa shape index (κ1) is 13.4. The Hall–Kier alpha value is -0.690. The van der Waals surface area contributed by atoms with E-state index < -0.39 is 0 Å². The summed E-state index contributed by atoms with van der Waals surface area (Å²) in [5, 5.41) is 14.3.